The van der Waals surface area contributed by atoms with Crippen molar-refractivity contribution in [2.75, 3.05) is 11.9 Å². The number of hydrogen-bond acceptors (Lipinski definition) is 6. The van der Waals surface area contributed by atoms with Gasteiger partial charge in [-0.25, -0.2) is 8.42 Å². The number of nitrogens with one attached hydrogen (secondary N) is 1. The van der Waals surface area contributed by atoms with Gasteiger partial charge in [0.1, 0.15) is 11.0 Å². The van der Waals surface area contributed by atoms with Crippen LogP contribution in [0.3, 0.4) is 0 Å². The van der Waals surface area contributed by atoms with E-state index >= 15 is 0 Å². The van der Waals surface area contributed by atoms with Crippen LogP contribution in [-0.2, 0) is 21.2 Å². The third-order valence-corrected chi connectivity index (χ3v) is 8.33. The molecule has 0 aliphatic carbocycles. The zero-order valence-corrected chi connectivity index (χ0v) is 19.1. The van der Waals surface area contributed by atoms with Crippen LogP contribution in [0.25, 0.3) is 10.8 Å². The highest BCUT2D eigenvalue weighted by atomic mass is 32.2. The van der Waals surface area contributed by atoms with Crippen molar-refractivity contribution in [3.05, 3.63) is 47.5 Å². The maximum atomic E-state index is 13.3. The van der Waals surface area contributed by atoms with Crippen molar-refractivity contribution in [3.63, 3.8) is 0 Å². The monoisotopic (exact) mass is 458 g/mol. The first kappa shape index (κ1) is 21.9. The van der Waals surface area contributed by atoms with E-state index < -0.39 is 16.1 Å². The maximum absolute atomic E-state index is 13.3. The van der Waals surface area contributed by atoms with Crippen molar-refractivity contribution in [1.29, 1.82) is 0 Å². The van der Waals surface area contributed by atoms with Gasteiger partial charge in [0.05, 0.1) is 4.90 Å². The largest absolute Gasteiger partial charge is 0.299 e. The van der Waals surface area contributed by atoms with E-state index in [4.69, 9.17) is 0 Å². The molecule has 0 spiro atoms. The van der Waals surface area contributed by atoms with Gasteiger partial charge in [0.2, 0.25) is 21.1 Å². The van der Waals surface area contributed by atoms with Crippen LogP contribution in [0, 0.1) is 0 Å². The molecule has 0 radical (unpaired) electrons. The van der Waals surface area contributed by atoms with E-state index in [2.05, 4.69) is 22.4 Å². The molecule has 1 amide bonds. The van der Waals surface area contributed by atoms with Gasteiger partial charge in [0, 0.05) is 13.0 Å². The summed E-state index contributed by atoms with van der Waals surface area (Å²) >= 11 is 1.35. The van der Waals surface area contributed by atoms with Crippen molar-refractivity contribution in [2.45, 2.75) is 56.4 Å². The fourth-order valence-electron chi connectivity index (χ4n) is 3.87. The number of carbonyl (C=O) groups is 1. The molecular formula is C22H26N4O3S2. The Balaban J connectivity index is 1.49. The number of anilines is 1. The molecule has 0 bridgehead atoms. The van der Waals surface area contributed by atoms with Crippen LogP contribution in [0.5, 0.6) is 0 Å². The summed E-state index contributed by atoms with van der Waals surface area (Å²) in [4.78, 5) is 13.1. The summed E-state index contributed by atoms with van der Waals surface area (Å²) < 4.78 is 27.9. The number of aromatic nitrogens is 2. The average Bonchev–Trinajstić information content (AvgIpc) is 3.44. The third-order valence-electron chi connectivity index (χ3n) is 5.53. The van der Waals surface area contributed by atoms with Gasteiger partial charge >= 0.3 is 0 Å². The second kappa shape index (κ2) is 9.42. The lowest BCUT2D eigenvalue weighted by molar-refractivity contribution is -0.119. The highest BCUT2D eigenvalue weighted by Crippen LogP contribution is 2.29. The summed E-state index contributed by atoms with van der Waals surface area (Å²) in [6.45, 7) is 2.47. The van der Waals surface area contributed by atoms with Crippen molar-refractivity contribution in [2.24, 2.45) is 0 Å². The fraction of sp³-hybridized carbons (Fsp3) is 0.409. The molecule has 7 nitrogen and oxygen atoms in total. The van der Waals surface area contributed by atoms with Crippen molar-refractivity contribution < 1.29 is 13.2 Å². The number of aryl methyl sites for hydroxylation is 1. The summed E-state index contributed by atoms with van der Waals surface area (Å²) in [6, 6.07) is 12.0. The summed E-state index contributed by atoms with van der Waals surface area (Å²) in [7, 11) is -3.79. The van der Waals surface area contributed by atoms with E-state index in [9.17, 15) is 13.2 Å². The lowest BCUT2D eigenvalue weighted by Crippen LogP contribution is -2.43. The predicted molar refractivity (Wildman–Crippen MR) is 123 cm³/mol. The minimum Gasteiger partial charge on any atom is -0.299 e. The van der Waals surface area contributed by atoms with E-state index in [-0.39, 0.29) is 10.8 Å². The van der Waals surface area contributed by atoms with Gasteiger partial charge in [-0.15, -0.1) is 10.2 Å². The van der Waals surface area contributed by atoms with Crippen LogP contribution in [0.15, 0.2) is 47.4 Å². The first-order chi connectivity index (χ1) is 15.0. The van der Waals surface area contributed by atoms with Crippen LogP contribution in [0.4, 0.5) is 5.13 Å². The fourth-order valence-corrected chi connectivity index (χ4v) is 6.35. The topological polar surface area (TPSA) is 92.3 Å². The van der Waals surface area contributed by atoms with Crippen LogP contribution in [0.1, 0.15) is 44.0 Å². The molecule has 1 fully saturated rings. The highest BCUT2D eigenvalue weighted by molar-refractivity contribution is 7.89. The normalized spacial score (nSPS) is 17.3. The Kier molecular flexibility index (Phi) is 6.64. The molecule has 1 aliphatic heterocycles. The van der Waals surface area contributed by atoms with Crippen LogP contribution >= 0.6 is 11.3 Å². The van der Waals surface area contributed by atoms with Crippen molar-refractivity contribution >= 4 is 43.2 Å². The molecule has 9 heteroatoms. The average molecular weight is 459 g/mol. The molecule has 164 valence electrons. The minimum atomic E-state index is -3.79. The Bertz CT molecular complexity index is 1180. The Labute approximate surface area is 186 Å². The molecule has 1 aromatic heterocycles. The molecule has 2 heterocycles. The molecule has 3 aromatic rings. The molecule has 4 rings (SSSR count). The quantitative estimate of drug-likeness (QED) is 0.510. The molecule has 1 aliphatic rings. The predicted octanol–water partition coefficient (Wildman–Crippen LogP) is 4.22. The number of carbonyl (C=O) groups excluding carboxylic acids is 1. The second-order valence-electron chi connectivity index (χ2n) is 7.73. The van der Waals surface area contributed by atoms with Gasteiger partial charge < -0.3 is 0 Å². The number of unbranched alkanes of at least 4 members (excludes halogenated alkanes) is 2. The highest BCUT2D eigenvalue weighted by Gasteiger charge is 2.39. The van der Waals surface area contributed by atoms with Crippen molar-refractivity contribution in [3.8, 4) is 0 Å². The van der Waals surface area contributed by atoms with Crippen LogP contribution < -0.4 is 5.32 Å². The second-order valence-corrected chi connectivity index (χ2v) is 10.7. The van der Waals surface area contributed by atoms with Gasteiger partial charge in [0.25, 0.3) is 0 Å². The first-order valence-corrected chi connectivity index (χ1v) is 12.9. The molecule has 1 unspecified atom stereocenters. The zero-order chi connectivity index (χ0) is 21.8. The lowest BCUT2D eigenvalue weighted by Gasteiger charge is -2.23. The molecule has 1 atom stereocenters. The number of amides is 1. The van der Waals surface area contributed by atoms with E-state index in [0.29, 0.717) is 24.5 Å². The number of fused-ring (bicyclic) bond motifs is 1. The molecule has 1 saturated heterocycles. The summed E-state index contributed by atoms with van der Waals surface area (Å²) in [5.41, 5.74) is 0. The van der Waals surface area contributed by atoms with Gasteiger partial charge in [-0.05, 0) is 42.2 Å². The maximum Gasteiger partial charge on any atom is 0.244 e. The smallest absolute Gasteiger partial charge is 0.244 e. The zero-order valence-electron chi connectivity index (χ0n) is 17.5. The Morgan fingerprint density at radius 2 is 1.97 bits per heavy atom. The SMILES string of the molecule is CCCCCc1nnc(NC(=O)C2CCCN2S(=O)(=O)c2ccc3ccccc3c2)s1. The Morgan fingerprint density at radius 1 is 1.16 bits per heavy atom. The molecule has 31 heavy (non-hydrogen) atoms. The number of rotatable bonds is 8. The number of sulfonamides is 1. The molecule has 1 N–H and O–H groups in total. The summed E-state index contributed by atoms with van der Waals surface area (Å²) in [6.07, 6.45) is 5.27. The van der Waals surface area contributed by atoms with E-state index in [1.165, 1.54) is 15.6 Å². The van der Waals surface area contributed by atoms with Gasteiger partial charge in [0.15, 0.2) is 0 Å². The number of hydrogen-bond donors (Lipinski definition) is 1. The number of benzene rings is 2. The molecule has 2 aromatic carbocycles. The van der Waals surface area contributed by atoms with Gasteiger partial charge in [-0.3, -0.25) is 10.1 Å². The van der Waals surface area contributed by atoms with E-state index in [1.54, 1.807) is 18.2 Å². The molecular weight excluding hydrogens is 432 g/mol. The Hall–Kier alpha value is -2.36. The van der Waals surface area contributed by atoms with E-state index in [0.717, 1.165) is 41.5 Å². The summed E-state index contributed by atoms with van der Waals surface area (Å²) in [5.74, 6) is -0.349. The minimum absolute atomic E-state index is 0.208. The standard InChI is InChI=1S/C22H26N4O3S2/c1-2-3-4-11-20-24-25-22(30-20)23-21(27)19-10-7-14-26(19)31(28,29)18-13-12-16-8-5-6-9-17(16)15-18/h5-6,8-9,12-13,15,19H,2-4,7,10-11,14H2,1H3,(H,23,25,27). The molecule has 0 saturated carbocycles. The summed E-state index contributed by atoms with van der Waals surface area (Å²) in [5, 5.41) is 14.1. The van der Waals surface area contributed by atoms with Gasteiger partial charge in [-0.2, -0.15) is 4.31 Å². The van der Waals surface area contributed by atoms with Crippen molar-refractivity contribution in [1.82, 2.24) is 14.5 Å². The van der Waals surface area contributed by atoms with Crippen LogP contribution in [0.2, 0.25) is 0 Å². The Morgan fingerprint density at radius 3 is 2.77 bits per heavy atom. The van der Waals surface area contributed by atoms with Crippen LogP contribution in [-0.4, -0.2) is 41.4 Å². The van der Waals surface area contributed by atoms with E-state index in [1.807, 2.05) is 24.3 Å². The number of nitrogens with zero attached hydrogens (tertiary/aromatic N) is 3. The lowest BCUT2D eigenvalue weighted by atomic mass is 10.1. The third kappa shape index (κ3) is 4.78. The van der Waals surface area contributed by atoms with Gasteiger partial charge in [-0.1, -0.05) is 61.4 Å². The first-order valence-electron chi connectivity index (χ1n) is 10.6.